The molecule has 0 aromatic heterocycles. The van der Waals surface area contributed by atoms with Gasteiger partial charge in [-0.15, -0.1) is 0 Å². The molecule has 1 aliphatic rings. The van der Waals surface area contributed by atoms with Crippen LogP contribution in [-0.4, -0.2) is 38.8 Å². The second-order valence-electron chi connectivity index (χ2n) is 3.75. The lowest BCUT2D eigenvalue weighted by molar-refractivity contribution is -0.125. The molecular formula is C10H20N2O2. The van der Waals surface area contributed by atoms with Crippen molar-refractivity contribution in [2.45, 2.75) is 31.7 Å². The summed E-state index contributed by atoms with van der Waals surface area (Å²) in [5, 5.41) is 6.29. The Morgan fingerprint density at radius 3 is 3.14 bits per heavy atom. The normalized spacial score (nSPS) is 23.6. The van der Waals surface area contributed by atoms with Gasteiger partial charge in [0.15, 0.2) is 0 Å². The molecule has 1 saturated heterocycles. The van der Waals surface area contributed by atoms with Crippen LogP contribution in [-0.2, 0) is 9.53 Å². The molecule has 1 aliphatic heterocycles. The molecule has 1 fully saturated rings. The van der Waals surface area contributed by atoms with E-state index >= 15 is 0 Å². The number of carbonyl (C=O) groups excluding carboxylic acids is 1. The topological polar surface area (TPSA) is 50.4 Å². The molecule has 0 aliphatic carbocycles. The zero-order chi connectivity index (χ0) is 10.2. The predicted octanol–water partition coefficient (Wildman–Crippen LogP) is 0.281. The smallest absolute Gasteiger partial charge is 0.246 e. The number of ether oxygens (including phenoxy) is 1. The number of rotatable bonds is 3. The first-order valence-corrected chi connectivity index (χ1v) is 5.32. The first-order chi connectivity index (χ1) is 6.83. The largest absolute Gasteiger partial charge is 0.375 e. The molecule has 1 rings (SSSR count). The molecule has 0 aromatic carbocycles. The maximum absolute atomic E-state index is 11.2. The SMILES string of the molecule is COCC(=O)N[C@H]1CCCCCNC1. The van der Waals surface area contributed by atoms with E-state index in [2.05, 4.69) is 10.6 Å². The van der Waals surface area contributed by atoms with Gasteiger partial charge >= 0.3 is 0 Å². The standard InChI is InChI=1S/C10H20N2O2/c1-14-8-10(13)12-9-5-3-2-4-6-11-7-9/h9,11H,2-8H2,1H3,(H,12,13)/t9-/m0/s1. The molecule has 4 nitrogen and oxygen atoms in total. The highest BCUT2D eigenvalue weighted by molar-refractivity contribution is 5.77. The van der Waals surface area contributed by atoms with Crippen molar-refractivity contribution in [3.05, 3.63) is 0 Å². The van der Waals surface area contributed by atoms with Gasteiger partial charge in [-0.25, -0.2) is 0 Å². The Morgan fingerprint density at radius 1 is 1.50 bits per heavy atom. The molecule has 0 unspecified atom stereocenters. The quantitative estimate of drug-likeness (QED) is 0.688. The summed E-state index contributed by atoms with van der Waals surface area (Å²) in [5.41, 5.74) is 0. The van der Waals surface area contributed by atoms with Gasteiger partial charge in [0, 0.05) is 19.7 Å². The fourth-order valence-corrected chi connectivity index (χ4v) is 1.72. The lowest BCUT2D eigenvalue weighted by atomic mass is 10.1. The minimum Gasteiger partial charge on any atom is -0.375 e. The van der Waals surface area contributed by atoms with E-state index in [1.165, 1.54) is 26.4 Å². The van der Waals surface area contributed by atoms with Crippen LogP contribution < -0.4 is 10.6 Å². The number of methoxy groups -OCH3 is 1. The first-order valence-electron chi connectivity index (χ1n) is 5.32. The monoisotopic (exact) mass is 200 g/mol. The summed E-state index contributed by atoms with van der Waals surface area (Å²) in [4.78, 5) is 11.2. The van der Waals surface area contributed by atoms with Crippen LogP contribution in [0.25, 0.3) is 0 Å². The van der Waals surface area contributed by atoms with Crippen LogP contribution >= 0.6 is 0 Å². The highest BCUT2D eigenvalue weighted by Crippen LogP contribution is 2.05. The minimum atomic E-state index is -0.0140. The highest BCUT2D eigenvalue weighted by Gasteiger charge is 2.12. The number of hydrogen-bond acceptors (Lipinski definition) is 3. The van der Waals surface area contributed by atoms with Crippen LogP contribution in [0.2, 0.25) is 0 Å². The summed E-state index contributed by atoms with van der Waals surface area (Å²) in [6, 6.07) is 0.276. The van der Waals surface area contributed by atoms with E-state index < -0.39 is 0 Å². The third-order valence-corrected chi connectivity index (χ3v) is 2.44. The number of amides is 1. The van der Waals surface area contributed by atoms with E-state index in [-0.39, 0.29) is 18.6 Å². The Balaban J connectivity index is 2.22. The van der Waals surface area contributed by atoms with Crippen molar-refractivity contribution in [3.63, 3.8) is 0 Å². The number of carbonyl (C=O) groups is 1. The summed E-state index contributed by atoms with van der Waals surface area (Å²) in [6.07, 6.45) is 4.78. The van der Waals surface area contributed by atoms with Gasteiger partial charge in [-0.3, -0.25) is 4.79 Å². The molecule has 1 amide bonds. The van der Waals surface area contributed by atoms with Crippen LogP contribution in [0.1, 0.15) is 25.7 Å². The van der Waals surface area contributed by atoms with Crippen molar-refractivity contribution in [3.8, 4) is 0 Å². The van der Waals surface area contributed by atoms with E-state index in [0.29, 0.717) is 0 Å². The highest BCUT2D eigenvalue weighted by atomic mass is 16.5. The zero-order valence-corrected chi connectivity index (χ0v) is 8.84. The first kappa shape index (κ1) is 11.5. The van der Waals surface area contributed by atoms with Crippen LogP contribution in [0.5, 0.6) is 0 Å². The van der Waals surface area contributed by atoms with Gasteiger partial charge in [-0.2, -0.15) is 0 Å². The third kappa shape index (κ3) is 4.58. The summed E-state index contributed by atoms with van der Waals surface area (Å²) in [5.74, 6) is -0.0140. The number of nitrogens with one attached hydrogen (secondary N) is 2. The molecule has 0 bridgehead atoms. The van der Waals surface area contributed by atoms with E-state index in [0.717, 1.165) is 19.5 Å². The molecule has 2 N–H and O–H groups in total. The van der Waals surface area contributed by atoms with Crippen LogP contribution in [0.3, 0.4) is 0 Å². The Kier molecular flexibility index (Phi) is 5.56. The summed E-state index contributed by atoms with van der Waals surface area (Å²) in [7, 11) is 1.54. The summed E-state index contributed by atoms with van der Waals surface area (Å²) < 4.78 is 4.77. The van der Waals surface area contributed by atoms with Crippen molar-refractivity contribution in [1.29, 1.82) is 0 Å². The molecule has 0 spiro atoms. The summed E-state index contributed by atoms with van der Waals surface area (Å²) in [6.45, 7) is 2.11. The zero-order valence-electron chi connectivity index (χ0n) is 8.84. The van der Waals surface area contributed by atoms with Crippen LogP contribution in [0, 0.1) is 0 Å². The average molecular weight is 200 g/mol. The lowest BCUT2D eigenvalue weighted by Gasteiger charge is -2.21. The maximum atomic E-state index is 11.2. The third-order valence-electron chi connectivity index (χ3n) is 2.44. The molecule has 1 atom stereocenters. The van der Waals surface area contributed by atoms with E-state index in [1.807, 2.05) is 0 Å². The second-order valence-corrected chi connectivity index (χ2v) is 3.75. The van der Waals surface area contributed by atoms with Gasteiger partial charge in [0.25, 0.3) is 0 Å². The Labute approximate surface area is 85.4 Å². The number of hydrogen-bond donors (Lipinski definition) is 2. The molecule has 82 valence electrons. The molecule has 1 heterocycles. The van der Waals surface area contributed by atoms with Gasteiger partial charge in [0.1, 0.15) is 6.61 Å². The predicted molar refractivity (Wildman–Crippen MR) is 55.1 cm³/mol. The molecule has 0 aromatic rings. The molecule has 0 saturated carbocycles. The molecular weight excluding hydrogens is 180 g/mol. The van der Waals surface area contributed by atoms with Crippen LogP contribution in [0.4, 0.5) is 0 Å². The Hall–Kier alpha value is -0.610. The van der Waals surface area contributed by atoms with Gasteiger partial charge < -0.3 is 15.4 Å². The Bertz CT molecular complexity index is 166. The van der Waals surface area contributed by atoms with Gasteiger partial charge in [0.05, 0.1) is 0 Å². The average Bonchev–Trinajstić information content (AvgIpc) is 2.10. The maximum Gasteiger partial charge on any atom is 0.246 e. The van der Waals surface area contributed by atoms with E-state index in [1.54, 1.807) is 0 Å². The molecule has 4 heteroatoms. The minimum absolute atomic E-state index is 0.0140. The lowest BCUT2D eigenvalue weighted by Crippen LogP contribution is -2.44. The van der Waals surface area contributed by atoms with Crippen LogP contribution in [0.15, 0.2) is 0 Å². The van der Waals surface area contributed by atoms with Crippen molar-refractivity contribution >= 4 is 5.91 Å². The van der Waals surface area contributed by atoms with Crippen molar-refractivity contribution in [2.24, 2.45) is 0 Å². The molecule has 14 heavy (non-hydrogen) atoms. The van der Waals surface area contributed by atoms with E-state index in [9.17, 15) is 4.79 Å². The fourth-order valence-electron chi connectivity index (χ4n) is 1.72. The Morgan fingerprint density at radius 2 is 2.36 bits per heavy atom. The summed E-state index contributed by atoms with van der Waals surface area (Å²) >= 11 is 0. The van der Waals surface area contributed by atoms with Gasteiger partial charge in [-0.05, 0) is 19.4 Å². The van der Waals surface area contributed by atoms with Gasteiger partial charge in [0.2, 0.25) is 5.91 Å². The molecule has 0 radical (unpaired) electrons. The second kappa shape index (κ2) is 6.79. The van der Waals surface area contributed by atoms with E-state index in [4.69, 9.17) is 4.74 Å². The van der Waals surface area contributed by atoms with Crippen molar-refractivity contribution in [2.75, 3.05) is 26.8 Å². The van der Waals surface area contributed by atoms with Gasteiger partial charge in [-0.1, -0.05) is 12.8 Å². The fraction of sp³-hybridized carbons (Fsp3) is 0.900. The van der Waals surface area contributed by atoms with Crippen molar-refractivity contribution < 1.29 is 9.53 Å². The van der Waals surface area contributed by atoms with Crippen molar-refractivity contribution in [1.82, 2.24) is 10.6 Å².